The maximum absolute atomic E-state index is 13.8. The van der Waals surface area contributed by atoms with E-state index in [0.717, 1.165) is 5.56 Å². The molecule has 4 fully saturated rings. The lowest BCUT2D eigenvalue weighted by molar-refractivity contribution is -0.149. The molecule has 38 heavy (non-hydrogen) atoms. The second-order valence-electron chi connectivity index (χ2n) is 10.5. The van der Waals surface area contributed by atoms with E-state index in [1.165, 1.54) is 11.8 Å². The molecule has 0 radical (unpaired) electrons. The Hall–Kier alpha value is -3.13. The second-order valence-corrected chi connectivity index (χ2v) is 10.5. The molecule has 13 heteroatoms. The van der Waals surface area contributed by atoms with Gasteiger partial charge in [0.15, 0.2) is 0 Å². The molecule has 0 aromatic carbocycles. The highest BCUT2D eigenvalue weighted by atomic mass is 16.5. The Labute approximate surface area is 220 Å². The molecule has 4 N–H and O–H groups in total. The summed E-state index contributed by atoms with van der Waals surface area (Å²) in [7, 11) is 0. The Morgan fingerprint density at radius 1 is 1.13 bits per heavy atom. The second kappa shape index (κ2) is 10.9. The van der Waals surface area contributed by atoms with Crippen molar-refractivity contribution in [3.63, 3.8) is 0 Å². The van der Waals surface area contributed by atoms with Crippen molar-refractivity contribution in [2.24, 2.45) is 0 Å². The topological polar surface area (TPSA) is 165 Å². The van der Waals surface area contributed by atoms with Crippen molar-refractivity contribution < 1.29 is 34.1 Å². The number of aliphatic hydroxyl groups excluding tert-OH is 2. The van der Waals surface area contributed by atoms with Gasteiger partial charge < -0.3 is 35.4 Å². The van der Waals surface area contributed by atoms with E-state index >= 15 is 0 Å². The zero-order chi connectivity index (χ0) is 27.0. The van der Waals surface area contributed by atoms with Gasteiger partial charge in [0.2, 0.25) is 23.6 Å². The number of nitrogens with one attached hydrogen (secondary N) is 2. The van der Waals surface area contributed by atoms with E-state index in [4.69, 9.17) is 4.74 Å². The highest BCUT2D eigenvalue weighted by Crippen LogP contribution is 2.27. The molecule has 0 unspecified atom stereocenters. The lowest BCUT2D eigenvalue weighted by Gasteiger charge is -2.41. The molecule has 1 aromatic rings. The third-order valence-corrected chi connectivity index (χ3v) is 7.89. The normalized spacial score (nSPS) is 34.7. The number of aliphatic hydroxyl groups is 2. The summed E-state index contributed by atoms with van der Waals surface area (Å²) >= 11 is 0. The summed E-state index contributed by atoms with van der Waals surface area (Å²) in [5.41, 5.74) is 0.921. The summed E-state index contributed by atoms with van der Waals surface area (Å²) in [6, 6.07) is 1.98. The molecular weight excluding hydrogens is 496 g/mol. The summed E-state index contributed by atoms with van der Waals surface area (Å²) in [4.78, 5) is 61.4. The number of carbonyl (C=O) groups excluding carboxylic acids is 4. The van der Waals surface area contributed by atoms with Gasteiger partial charge in [0.1, 0.15) is 24.4 Å². The van der Waals surface area contributed by atoms with E-state index in [-0.39, 0.29) is 56.4 Å². The molecule has 4 aliphatic heterocycles. The lowest BCUT2D eigenvalue weighted by Crippen LogP contribution is -2.63. The van der Waals surface area contributed by atoms with Crippen molar-refractivity contribution in [3.8, 4) is 0 Å². The molecular formula is C25H34N6O7. The maximum atomic E-state index is 13.8. The summed E-state index contributed by atoms with van der Waals surface area (Å²) in [5, 5.41) is 26.6. The number of likely N-dealkylation sites (tertiary alicyclic amines) is 1. The summed E-state index contributed by atoms with van der Waals surface area (Å²) in [6.45, 7) is 2.66. The number of hydrogen-bond donors (Lipinski definition) is 4. The van der Waals surface area contributed by atoms with Gasteiger partial charge in [0.05, 0.1) is 25.1 Å². The van der Waals surface area contributed by atoms with Crippen LogP contribution in [0, 0.1) is 0 Å². The number of pyridine rings is 1. The van der Waals surface area contributed by atoms with Crippen LogP contribution in [0.25, 0.3) is 0 Å². The van der Waals surface area contributed by atoms with Crippen LogP contribution in [-0.2, 0) is 30.5 Å². The first-order valence-corrected chi connectivity index (χ1v) is 13.0. The summed E-state index contributed by atoms with van der Waals surface area (Å²) < 4.78 is 5.74. The quantitative estimate of drug-likeness (QED) is 0.316. The van der Waals surface area contributed by atoms with Crippen LogP contribution >= 0.6 is 0 Å². The molecule has 4 saturated heterocycles. The Morgan fingerprint density at radius 3 is 2.66 bits per heavy atom. The van der Waals surface area contributed by atoms with Crippen LogP contribution in [0.1, 0.15) is 25.3 Å². The monoisotopic (exact) mass is 530 g/mol. The van der Waals surface area contributed by atoms with Crippen LogP contribution in [0.15, 0.2) is 24.5 Å². The molecule has 1 aromatic heterocycles. The largest absolute Gasteiger partial charge is 0.388 e. The molecule has 4 aliphatic rings. The zero-order valence-corrected chi connectivity index (χ0v) is 21.2. The molecule has 5 rings (SSSR count). The minimum atomic E-state index is -1.29. The zero-order valence-electron chi connectivity index (χ0n) is 21.2. The minimum Gasteiger partial charge on any atom is -0.388 e. The van der Waals surface area contributed by atoms with Gasteiger partial charge in [-0.05, 0) is 18.1 Å². The number of fused-ring (bicyclic) bond motifs is 6. The Bertz CT molecular complexity index is 1070. The number of aromatic nitrogens is 1. The Morgan fingerprint density at radius 2 is 1.92 bits per heavy atom. The van der Waals surface area contributed by atoms with Crippen molar-refractivity contribution in [3.05, 3.63) is 30.1 Å². The molecule has 206 valence electrons. The SMILES string of the molecule is CC(=O)N1CCN2C[C@H]1C(=O)NC[C@H]1O[C@@H](CC(=O)N[C@H]3C[C@@H](C2=O)N(Cc2cccnc2)C3)[C@H](O)[C@@H]1O. The predicted molar refractivity (Wildman–Crippen MR) is 131 cm³/mol. The Kier molecular flexibility index (Phi) is 7.61. The van der Waals surface area contributed by atoms with Crippen LogP contribution < -0.4 is 10.6 Å². The third-order valence-electron chi connectivity index (χ3n) is 7.89. The third kappa shape index (κ3) is 5.37. The summed E-state index contributed by atoms with van der Waals surface area (Å²) in [6.07, 6.45) is -0.842. The van der Waals surface area contributed by atoms with Crippen molar-refractivity contribution in [2.45, 2.75) is 68.9 Å². The highest BCUT2D eigenvalue weighted by Gasteiger charge is 2.46. The molecule has 6 bridgehead atoms. The average Bonchev–Trinajstić information content (AvgIpc) is 3.41. The number of rotatable bonds is 2. The van der Waals surface area contributed by atoms with E-state index in [0.29, 0.717) is 19.5 Å². The van der Waals surface area contributed by atoms with Gasteiger partial charge in [-0.2, -0.15) is 0 Å². The van der Waals surface area contributed by atoms with E-state index in [1.807, 2.05) is 17.0 Å². The number of hydrogen-bond acceptors (Lipinski definition) is 9. The summed E-state index contributed by atoms with van der Waals surface area (Å²) in [5.74, 6) is -1.27. The minimum absolute atomic E-state index is 0.0256. The standard InChI is InChI=1S/C25H34N6O7/c1-14(32)31-6-5-29-13-18(31)24(36)27-10-20-23(35)22(34)19(38-20)8-21(33)28-16-7-17(25(29)37)30(12-16)11-15-3-2-4-26-9-15/h2-4,9,16-20,22-23,34-35H,5-8,10-13H2,1H3,(H,27,36)(H,28,33)/t16-,17-,18-,19-,20+,22-,23+/m0/s1. The fourth-order valence-electron chi connectivity index (χ4n) is 5.91. The number of carbonyl (C=O) groups is 4. The van der Waals surface area contributed by atoms with Gasteiger partial charge in [-0.15, -0.1) is 0 Å². The molecule has 0 saturated carbocycles. The molecule has 0 aliphatic carbocycles. The van der Waals surface area contributed by atoms with Crippen LogP contribution in [0.2, 0.25) is 0 Å². The van der Waals surface area contributed by atoms with E-state index in [2.05, 4.69) is 15.6 Å². The van der Waals surface area contributed by atoms with Crippen molar-refractivity contribution in [1.29, 1.82) is 0 Å². The van der Waals surface area contributed by atoms with Crippen LogP contribution in [0.3, 0.4) is 0 Å². The van der Waals surface area contributed by atoms with E-state index in [9.17, 15) is 29.4 Å². The van der Waals surface area contributed by atoms with Gasteiger partial charge in [0, 0.05) is 58.1 Å². The maximum Gasteiger partial charge on any atom is 0.244 e. The van der Waals surface area contributed by atoms with Crippen LogP contribution in [-0.4, -0.2) is 129 Å². The van der Waals surface area contributed by atoms with Gasteiger partial charge >= 0.3 is 0 Å². The molecule has 13 nitrogen and oxygen atoms in total. The van der Waals surface area contributed by atoms with Crippen LogP contribution in [0.5, 0.6) is 0 Å². The van der Waals surface area contributed by atoms with Gasteiger partial charge in [-0.1, -0.05) is 6.07 Å². The van der Waals surface area contributed by atoms with Gasteiger partial charge in [0.25, 0.3) is 0 Å². The lowest BCUT2D eigenvalue weighted by atomic mass is 10.0. The van der Waals surface area contributed by atoms with E-state index < -0.39 is 42.4 Å². The fraction of sp³-hybridized carbons (Fsp3) is 0.640. The van der Waals surface area contributed by atoms with Gasteiger partial charge in [-0.25, -0.2) is 0 Å². The number of ether oxygens (including phenoxy) is 1. The fourth-order valence-corrected chi connectivity index (χ4v) is 5.91. The smallest absolute Gasteiger partial charge is 0.244 e. The van der Waals surface area contributed by atoms with Crippen molar-refractivity contribution >= 4 is 23.6 Å². The molecule has 5 heterocycles. The van der Waals surface area contributed by atoms with Crippen molar-refractivity contribution in [2.75, 3.05) is 32.7 Å². The van der Waals surface area contributed by atoms with Crippen LogP contribution in [0.4, 0.5) is 0 Å². The first kappa shape index (κ1) is 26.5. The van der Waals surface area contributed by atoms with Crippen molar-refractivity contribution in [1.82, 2.24) is 30.3 Å². The highest BCUT2D eigenvalue weighted by molar-refractivity contribution is 5.89. The number of amides is 4. The molecule has 0 spiro atoms. The van der Waals surface area contributed by atoms with Gasteiger partial charge in [-0.3, -0.25) is 29.1 Å². The molecule has 4 amide bonds. The molecule has 7 atom stereocenters. The van der Waals surface area contributed by atoms with E-state index in [1.54, 1.807) is 17.3 Å². The number of piperazine rings is 1. The first-order chi connectivity index (χ1) is 18.2. The Balaban J connectivity index is 1.43. The predicted octanol–water partition coefficient (Wildman–Crippen LogP) is -2.79. The average molecular weight is 531 g/mol. The first-order valence-electron chi connectivity index (χ1n) is 13.0. The number of nitrogens with zero attached hydrogens (tertiary/aromatic N) is 4.